The lowest BCUT2D eigenvalue weighted by atomic mass is 9.94. The Hall–Kier alpha value is -0.860. The minimum Gasteiger partial charge on any atom is -0.329 e. The van der Waals surface area contributed by atoms with Crippen molar-refractivity contribution in [3.05, 3.63) is 35.4 Å². The van der Waals surface area contributed by atoms with Crippen molar-refractivity contribution in [1.82, 2.24) is 4.90 Å². The van der Waals surface area contributed by atoms with Crippen LogP contribution in [0.2, 0.25) is 0 Å². The molecule has 0 aliphatic heterocycles. The normalized spacial score (nSPS) is 21.6. The van der Waals surface area contributed by atoms with E-state index in [9.17, 15) is 0 Å². The second-order valence-corrected chi connectivity index (χ2v) is 6.42. The van der Waals surface area contributed by atoms with Gasteiger partial charge < -0.3 is 5.73 Å². The van der Waals surface area contributed by atoms with Gasteiger partial charge in [0.2, 0.25) is 0 Å². The number of rotatable bonds is 6. The first kappa shape index (κ1) is 14.1. The molecule has 2 saturated carbocycles. The Morgan fingerprint density at radius 3 is 2.45 bits per heavy atom. The van der Waals surface area contributed by atoms with Crippen LogP contribution < -0.4 is 5.73 Å². The van der Waals surface area contributed by atoms with Gasteiger partial charge in [-0.2, -0.15) is 0 Å². The predicted octanol–water partition coefficient (Wildman–Crippen LogP) is 3.83. The van der Waals surface area contributed by atoms with Crippen molar-refractivity contribution in [2.24, 2.45) is 5.73 Å². The van der Waals surface area contributed by atoms with Crippen molar-refractivity contribution in [1.29, 1.82) is 0 Å². The summed E-state index contributed by atoms with van der Waals surface area (Å²) >= 11 is 0. The summed E-state index contributed by atoms with van der Waals surface area (Å²) in [6.45, 7) is 4.15. The molecule has 0 radical (unpaired) electrons. The SMILES string of the molecule is CCN(C1CCCC1)C(CN)c1ccccc1C1CC1. The Balaban J connectivity index is 1.87. The zero-order chi connectivity index (χ0) is 13.9. The number of hydrogen-bond donors (Lipinski definition) is 1. The topological polar surface area (TPSA) is 29.3 Å². The third kappa shape index (κ3) is 2.77. The predicted molar refractivity (Wildman–Crippen MR) is 84.8 cm³/mol. The Morgan fingerprint density at radius 1 is 1.15 bits per heavy atom. The zero-order valence-corrected chi connectivity index (χ0v) is 12.7. The molecule has 0 bridgehead atoms. The van der Waals surface area contributed by atoms with Gasteiger partial charge in [-0.1, -0.05) is 44.0 Å². The highest BCUT2D eigenvalue weighted by Gasteiger charge is 2.32. The lowest BCUT2D eigenvalue weighted by molar-refractivity contribution is 0.146. The number of likely N-dealkylation sites (N-methyl/N-ethyl adjacent to an activating group) is 1. The number of benzene rings is 1. The molecule has 2 aliphatic carbocycles. The molecule has 0 heterocycles. The third-order valence-electron chi connectivity index (χ3n) is 5.15. The molecule has 2 nitrogen and oxygen atoms in total. The molecular formula is C18H28N2. The highest BCUT2D eigenvalue weighted by molar-refractivity contribution is 5.36. The summed E-state index contributed by atoms with van der Waals surface area (Å²) in [5.74, 6) is 0.808. The summed E-state index contributed by atoms with van der Waals surface area (Å²) in [6.07, 6.45) is 8.23. The second kappa shape index (κ2) is 6.28. The fraction of sp³-hybridized carbons (Fsp3) is 0.667. The molecule has 0 saturated heterocycles. The summed E-state index contributed by atoms with van der Waals surface area (Å²) in [4.78, 5) is 2.67. The summed E-state index contributed by atoms with van der Waals surface area (Å²) in [6, 6.07) is 10.2. The van der Waals surface area contributed by atoms with E-state index in [4.69, 9.17) is 5.73 Å². The van der Waals surface area contributed by atoms with Crippen molar-refractivity contribution in [2.75, 3.05) is 13.1 Å². The van der Waals surface area contributed by atoms with Crippen LogP contribution >= 0.6 is 0 Å². The van der Waals surface area contributed by atoms with Crippen LogP contribution in [0.5, 0.6) is 0 Å². The lowest BCUT2D eigenvalue weighted by Crippen LogP contribution is -2.40. The van der Waals surface area contributed by atoms with Crippen LogP contribution in [-0.4, -0.2) is 24.0 Å². The van der Waals surface area contributed by atoms with Crippen molar-refractivity contribution in [2.45, 2.75) is 63.5 Å². The van der Waals surface area contributed by atoms with E-state index >= 15 is 0 Å². The van der Waals surface area contributed by atoms with Crippen molar-refractivity contribution >= 4 is 0 Å². The number of nitrogens with zero attached hydrogens (tertiary/aromatic N) is 1. The minimum absolute atomic E-state index is 0.417. The van der Waals surface area contributed by atoms with E-state index in [1.807, 2.05) is 0 Å². The first-order valence-electron chi connectivity index (χ1n) is 8.39. The lowest BCUT2D eigenvalue weighted by Gasteiger charge is -2.36. The highest BCUT2D eigenvalue weighted by atomic mass is 15.2. The molecule has 1 atom stereocenters. The van der Waals surface area contributed by atoms with Gasteiger partial charge in [-0.15, -0.1) is 0 Å². The molecule has 110 valence electrons. The highest BCUT2D eigenvalue weighted by Crippen LogP contribution is 2.44. The monoisotopic (exact) mass is 272 g/mol. The summed E-state index contributed by atoms with van der Waals surface area (Å²) in [7, 11) is 0. The van der Waals surface area contributed by atoms with Crippen LogP contribution in [0.3, 0.4) is 0 Å². The van der Waals surface area contributed by atoms with Crippen LogP contribution in [0, 0.1) is 0 Å². The average molecular weight is 272 g/mol. The van der Waals surface area contributed by atoms with Gasteiger partial charge in [0.25, 0.3) is 0 Å². The Kier molecular flexibility index (Phi) is 4.42. The quantitative estimate of drug-likeness (QED) is 0.853. The van der Waals surface area contributed by atoms with Crippen molar-refractivity contribution in [3.8, 4) is 0 Å². The first-order valence-corrected chi connectivity index (χ1v) is 8.39. The van der Waals surface area contributed by atoms with Crippen LogP contribution in [0.25, 0.3) is 0 Å². The molecule has 2 fully saturated rings. The Labute approximate surface area is 123 Å². The average Bonchev–Trinajstić information content (AvgIpc) is 3.20. The molecule has 1 unspecified atom stereocenters. The van der Waals surface area contributed by atoms with Gasteiger partial charge in [-0.25, -0.2) is 0 Å². The van der Waals surface area contributed by atoms with Crippen LogP contribution in [0.4, 0.5) is 0 Å². The van der Waals surface area contributed by atoms with Gasteiger partial charge in [-0.3, -0.25) is 4.90 Å². The van der Waals surface area contributed by atoms with Gasteiger partial charge in [-0.05, 0) is 49.3 Å². The summed E-state index contributed by atoms with van der Waals surface area (Å²) < 4.78 is 0. The maximum Gasteiger partial charge on any atom is 0.0476 e. The molecule has 0 aromatic heterocycles. The van der Waals surface area contributed by atoms with E-state index < -0.39 is 0 Å². The molecule has 3 rings (SSSR count). The largest absolute Gasteiger partial charge is 0.329 e. The molecule has 0 amide bonds. The van der Waals surface area contributed by atoms with Gasteiger partial charge >= 0.3 is 0 Å². The van der Waals surface area contributed by atoms with Gasteiger partial charge in [0, 0.05) is 18.6 Å². The van der Waals surface area contributed by atoms with Crippen LogP contribution in [0.15, 0.2) is 24.3 Å². The van der Waals surface area contributed by atoms with Crippen LogP contribution in [-0.2, 0) is 0 Å². The molecule has 2 N–H and O–H groups in total. The van der Waals surface area contributed by atoms with E-state index in [0.29, 0.717) is 6.04 Å². The molecule has 2 aliphatic rings. The Bertz CT molecular complexity index is 433. The van der Waals surface area contributed by atoms with Crippen molar-refractivity contribution in [3.63, 3.8) is 0 Å². The number of nitrogens with two attached hydrogens (primary N) is 1. The van der Waals surface area contributed by atoms with E-state index in [-0.39, 0.29) is 0 Å². The maximum atomic E-state index is 6.20. The fourth-order valence-corrected chi connectivity index (χ4v) is 3.99. The Morgan fingerprint density at radius 2 is 1.85 bits per heavy atom. The van der Waals surface area contributed by atoms with E-state index in [0.717, 1.165) is 25.0 Å². The molecular weight excluding hydrogens is 244 g/mol. The fourth-order valence-electron chi connectivity index (χ4n) is 3.99. The van der Waals surface area contributed by atoms with E-state index in [1.54, 1.807) is 5.56 Å². The standard InChI is InChI=1S/C18H28N2/c1-2-20(15-7-3-4-8-15)18(13-19)17-10-6-5-9-16(17)14-11-12-14/h5-6,9-10,14-15,18H,2-4,7-8,11-13,19H2,1H3. The maximum absolute atomic E-state index is 6.20. The molecule has 0 spiro atoms. The first-order chi connectivity index (χ1) is 9.85. The smallest absolute Gasteiger partial charge is 0.0476 e. The zero-order valence-electron chi connectivity index (χ0n) is 12.7. The molecule has 2 heteroatoms. The van der Waals surface area contributed by atoms with Crippen molar-refractivity contribution < 1.29 is 0 Å². The molecule has 1 aromatic carbocycles. The minimum atomic E-state index is 0.417. The number of hydrogen-bond acceptors (Lipinski definition) is 2. The summed E-state index contributed by atoms with van der Waals surface area (Å²) in [5, 5.41) is 0. The van der Waals surface area contributed by atoms with Crippen LogP contribution in [0.1, 0.15) is 68.5 Å². The molecule has 20 heavy (non-hydrogen) atoms. The van der Waals surface area contributed by atoms with Gasteiger partial charge in [0.1, 0.15) is 0 Å². The van der Waals surface area contributed by atoms with E-state index in [2.05, 4.69) is 36.1 Å². The van der Waals surface area contributed by atoms with E-state index in [1.165, 1.54) is 44.1 Å². The van der Waals surface area contributed by atoms with Gasteiger partial charge in [0.05, 0.1) is 0 Å². The second-order valence-electron chi connectivity index (χ2n) is 6.42. The van der Waals surface area contributed by atoms with Gasteiger partial charge in [0.15, 0.2) is 0 Å². The molecule has 1 aromatic rings. The third-order valence-corrected chi connectivity index (χ3v) is 5.15. The summed E-state index contributed by atoms with van der Waals surface area (Å²) in [5.41, 5.74) is 9.27.